The Morgan fingerprint density at radius 3 is 2.36 bits per heavy atom. The molecule has 14 heavy (non-hydrogen) atoms. The lowest BCUT2D eigenvalue weighted by molar-refractivity contribution is 0.105. The fraction of sp³-hybridized carbons (Fsp3) is 0.182. The molecular formula is C11H10FNO. The van der Waals surface area contributed by atoms with E-state index in [0.717, 1.165) is 0 Å². The molecule has 1 aromatic rings. The van der Waals surface area contributed by atoms with Gasteiger partial charge in [-0.2, -0.15) is 0 Å². The number of ketones is 1. The lowest BCUT2D eigenvalue weighted by atomic mass is 10.1. The largest absolute Gasteiger partial charge is 0.338 e. The molecule has 0 radical (unpaired) electrons. The molecule has 0 N–H and O–H groups in total. The monoisotopic (exact) mass is 191 g/mol. The molecule has 0 aromatic heterocycles. The van der Waals surface area contributed by atoms with Crippen LogP contribution in [0.2, 0.25) is 0 Å². The normalized spacial score (nSPS) is 8.79. The van der Waals surface area contributed by atoms with Gasteiger partial charge in [0.05, 0.1) is 0 Å². The van der Waals surface area contributed by atoms with E-state index in [0.29, 0.717) is 5.56 Å². The lowest BCUT2D eigenvalue weighted by Crippen LogP contribution is -2.03. The molecule has 0 fully saturated rings. The van der Waals surface area contributed by atoms with Crippen molar-refractivity contribution in [1.29, 1.82) is 0 Å². The summed E-state index contributed by atoms with van der Waals surface area (Å²) in [7, 11) is 3.48. The van der Waals surface area contributed by atoms with Gasteiger partial charge in [-0.15, -0.1) is 0 Å². The minimum atomic E-state index is -0.359. The Bertz CT molecular complexity index is 384. The van der Waals surface area contributed by atoms with Gasteiger partial charge in [-0.1, -0.05) is 0 Å². The summed E-state index contributed by atoms with van der Waals surface area (Å²) < 4.78 is 12.5. The first kappa shape index (κ1) is 10.3. The standard InChI is InChI=1S/C11H10FNO/c1-13(2)8-7-11(14)9-3-5-10(12)6-4-9/h3-6H,1-2H3. The molecule has 1 rings (SSSR count). The third-order valence-corrected chi connectivity index (χ3v) is 1.50. The van der Waals surface area contributed by atoms with Crippen LogP contribution in [0.4, 0.5) is 4.39 Å². The number of Topliss-reactive ketones (excluding diaryl/α,β-unsaturated/α-hetero) is 1. The maximum atomic E-state index is 12.5. The Kier molecular flexibility index (Phi) is 3.24. The van der Waals surface area contributed by atoms with Crippen LogP contribution in [-0.2, 0) is 0 Å². The third-order valence-electron chi connectivity index (χ3n) is 1.50. The number of hydrogen-bond donors (Lipinski definition) is 0. The van der Waals surface area contributed by atoms with Gasteiger partial charge in [0.2, 0.25) is 5.78 Å². The van der Waals surface area contributed by atoms with Crippen molar-refractivity contribution < 1.29 is 9.18 Å². The van der Waals surface area contributed by atoms with E-state index in [4.69, 9.17) is 0 Å². The molecule has 1 aromatic carbocycles. The molecule has 0 unspecified atom stereocenters. The first-order valence-corrected chi connectivity index (χ1v) is 4.08. The predicted octanol–water partition coefficient (Wildman–Crippen LogP) is 1.53. The molecule has 0 heterocycles. The number of halogens is 1. The molecule has 3 heteroatoms. The van der Waals surface area contributed by atoms with E-state index in [1.807, 2.05) is 0 Å². The summed E-state index contributed by atoms with van der Waals surface area (Å²) in [5.74, 6) is 1.77. The smallest absolute Gasteiger partial charge is 0.237 e. The van der Waals surface area contributed by atoms with Crippen molar-refractivity contribution in [3.63, 3.8) is 0 Å². The molecule has 0 saturated carbocycles. The maximum Gasteiger partial charge on any atom is 0.237 e. The molecule has 0 spiro atoms. The van der Waals surface area contributed by atoms with E-state index in [1.165, 1.54) is 24.3 Å². The SMILES string of the molecule is CN(C)C#CC(=O)c1ccc(F)cc1. The number of benzene rings is 1. The van der Waals surface area contributed by atoms with Crippen LogP contribution in [0.1, 0.15) is 10.4 Å². The van der Waals surface area contributed by atoms with Gasteiger partial charge >= 0.3 is 0 Å². The van der Waals surface area contributed by atoms with Crippen LogP contribution in [0, 0.1) is 17.8 Å². The number of carbonyl (C=O) groups is 1. The summed E-state index contributed by atoms with van der Waals surface area (Å²) in [4.78, 5) is 12.9. The molecule has 0 aliphatic heterocycles. The number of nitrogens with zero attached hydrogens (tertiary/aromatic N) is 1. The molecule has 0 aliphatic carbocycles. The molecule has 0 bridgehead atoms. The van der Waals surface area contributed by atoms with Gasteiger partial charge in [0, 0.05) is 25.7 Å². The topological polar surface area (TPSA) is 20.3 Å². The van der Waals surface area contributed by atoms with Crippen LogP contribution in [-0.4, -0.2) is 24.8 Å². The van der Waals surface area contributed by atoms with E-state index < -0.39 is 0 Å². The highest BCUT2D eigenvalue weighted by atomic mass is 19.1. The minimum Gasteiger partial charge on any atom is -0.338 e. The van der Waals surface area contributed by atoms with Crippen molar-refractivity contribution >= 4 is 5.78 Å². The van der Waals surface area contributed by atoms with E-state index in [2.05, 4.69) is 12.0 Å². The van der Waals surface area contributed by atoms with Crippen molar-refractivity contribution in [1.82, 2.24) is 4.90 Å². The van der Waals surface area contributed by atoms with Crippen LogP contribution in [0.15, 0.2) is 24.3 Å². The van der Waals surface area contributed by atoms with E-state index in [1.54, 1.807) is 19.0 Å². The Balaban J connectivity index is 2.82. The summed E-state index contributed by atoms with van der Waals surface area (Å²) in [6.45, 7) is 0. The van der Waals surface area contributed by atoms with Crippen LogP contribution in [0.25, 0.3) is 0 Å². The summed E-state index contributed by atoms with van der Waals surface area (Å²) in [6, 6.07) is 7.92. The van der Waals surface area contributed by atoms with Gasteiger partial charge in [-0.05, 0) is 30.2 Å². The summed E-state index contributed by atoms with van der Waals surface area (Å²) in [5, 5.41) is 0. The van der Waals surface area contributed by atoms with Crippen molar-refractivity contribution in [2.45, 2.75) is 0 Å². The minimum absolute atomic E-state index is 0.307. The average molecular weight is 191 g/mol. The van der Waals surface area contributed by atoms with E-state index in [9.17, 15) is 9.18 Å². The van der Waals surface area contributed by atoms with E-state index in [-0.39, 0.29) is 11.6 Å². The second-order valence-corrected chi connectivity index (χ2v) is 2.97. The van der Waals surface area contributed by atoms with Gasteiger partial charge in [-0.25, -0.2) is 4.39 Å². The van der Waals surface area contributed by atoms with Crippen molar-refractivity contribution in [3.05, 3.63) is 35.6 Å². The fourth-order valence-corrected chi connectivity index (χ4v) is 0.836. The highest BCUT2D eigenvalue weighted by Crippen LogP contribution is 2.02. The molecule has 0 aliphatic rings. The van der Waals surface area contributed by atoms with Crippen LogP contribution in [0.3, 0.4) is 0 Å². The second-order valence-electron chi connectivity index (χ2n) is 2.97. The Hall–Kier alpha value is -1.82. The molecule has 0 atom stereocenters. The van der Waals surface area contributed by atoms with Gasteiger partial charge in [0.25, 0.3) is 0 Å². The Labute approximate surface area is 82.3 Å². The first-order chi connectivity index (χ1) is 6.59. The zero-order valence-electron chi connectivity index (χ0n) is 8.04. The van der Waals surface area contributed by atoms with Gasteiger partial charge in [-0.3, -0.25) is 4.79 Å². The quantitative estimate of drug-likeness (QED) is 0.381. The maximum absolute atomic E-state index is 12.5. The molecule has 0 amide bonds. The number of hydrogen-bond acceptors (Lipinski definition) is 2. The summed E-state index contributed by atoms with van der Waals surface area (Å²) >= 11 is 0. The zero-order valence-corrected chi connectivity index (χ0v) is 8.04. The van der Waals surface area contributed by atoms with Crippen LogP contribution in [0.5, 0.6) is 0 Å². The predicted molar refractivity (Wildman–Crippen MR) is 52.2 cm³/mol. The van der Waals surface area contributed by atoms with Crippen LogP contribution >= 0.6 is 0 Å². The molecule has 2 nitrogen and oxygen atoms in total. The Morgan fingerprint density at radius 2 is 1.86 bits per heavy atom. The molecule has 72 valence electrons. The van der Waals surface area contributed by atoms with Crippen molar-refractivity contribution in [3.8, 4) is 12.0 Å². The van der Waals surface area contributed by atoms with Gasteiger partial charge in [0.1, 0.15) is 5.82 Å². The lowest BCUT2D eigenvalue weighted by Gasteiger charge is -1.97. The summed E-state index contributed by atoms with van der Waals surface area (Å²) in [6.07, 6.45) is 0. The number of rotatable bonds is 1. The fourth-order valence-electron chi connectivity index (χ4n) is 0.836. The third kappa shape index (κ3) is 2.91. The van der Waals surface area contributed by atoms with Crippen LogP contribution < -0.4 is 0 Å². The second kappa shape index (κ2) is 4.43. The highest BCUT2D eigenvalue weighted by molar-refractivity contribution is 6.08. The summed E-state index contributed by atoms with van der Waals surface area (Å²) in [5.41, 5.74) is 0.403. The molecular weight excluding hydrogens is 181 g/mol. The average Bonchev–Trinajstić information content (AvgIpc) is 2.15. The van der Waals surface area contributed by atoms with Gasteiger partial charge in [0.15, 0.2) is 0 Å². The zero-order chi connectivity index (χ0) is 10.6. The van der Waals surface area contributed by atoms with Gasteiger partial charge < -0.3 is 4.90 Å². The van der Waals surface area contributed by atoms with Crippen molar-refractivity contribution in [2.24, 2.45) is 0 Å². The Morgan fingerprint density at radius 1 is 1.29 bits per heavy atom. The molecule has 0 saturated heterocycles. The van der Waals surface area contributed by atoms with Crippen molar-refractivity contribution in [2.75, 3.05) is 14.1 Å². The highest BCUT2D eigenvalue weighted by Gasteiger charge is 2.01. The number of carbonyl (C=O) groups excluding carboxylic acids is 1. The first-order valence-electron chi connectivity index (χ1n) is 4.08. The van der Waals surface area contributed by atoms with E-state index >= 15 is 0 Å².